The molecule has 11 heavy (non-hydrogen) atoms. The highest BCUT2D eigenvalue weighted by Gasteiger charge is 1.90. The van der Waals surface area contributed by atoms with Crippen LogP contribution in [0.1, 0.15) is 5.69 Å². The molecule has 0 aliphatic rings. The van der Waals surface area contributed by atoms with Crippen LogP contribution in [0.15, 0.2) is 12.1 Å². The molecule has 0 unspecified atom stereocenters. The molecule has 0 N–H and O–H groups in total. The van der Waals surface area contributed by atoms with Crippen molar-refractivity contribution in [3.63, 3.8) is 0 Å². The molecule has 0 bridgehead atoms. The average Bonchev–Trinajstić information content (AvgIpc) is 1.90. The lowest BCUT2D eigenvalue weighted by Crippen LogP contribution is -1.87. The molecule has 2 nitrogen and oxygen atoms in total. The molecule has 0 saturated heterocycles. The molecule has 0 radical (unpaired) electrons. The summed E-state index contributed by atoms with van der Waals surface area (Å²) in [6.07, 6.45) is 0. The molecule has 1 aromatic rings. The second-order valence-corrected chi connectivity index (χ2v) is 2.14. The third kappa shape index (κ3) is 4.64. The first-order valence-corrected chi connectivity index (χ1v) is 3.28. The van der Waals surface area contributed by atoms with E-state index in [0.717, 1.165) is 5.69 Å². The maximum atomic E-state index is 5.45. The number of hydrogen-bond donors (Lipinski definition) is 0. The zero-order chi connectivity index (χ0) is 6.69. The van der Waals surface area contributed by atoms with Crippen LogP contribution in [0.5, 0.6) is 0 Å². The average molecular weight is 236 g/mol. The molecule has 0 saturated carbocycles. The van der Waals surface area contributed by atoms with Gasteiger partial charge in [0.25, 0.3) is 0 Å². The first-order valence-electron chi connectivity index (χ1n) is 2.37. The summed E-state index contributed by atoms with van der Waals surface area (Å²) in [4.78, 5) is 0. The smallest absolute Gasteiger partial charge is 0.151 e. The molecule has 0 amide bonds. The lowest BCUT2D eigenvalue weighted by Gasteiger charge is -1.89. The molecular weight excluding hydrogens is 230 g/mol. The highest BCUT2D eigenvalue weighted by molar-refractivity contribution is 6.29. The van der Waals surface area contributed by atoms with E-state index in [9.17, 15) is 0 Å². The second-order valence-electron chi connectivity index (χ2n) is 1.48. The number of aromatic nitrogens is 2. The number of hydrogen-bond acceptors (Lipinski definition) is 2. The minimum atomic E-state index is 0. The van der Waals surface area contributed by atoms with Crippen LogP contribution >= 0.6 is 48.0 Å². The molecule has 1 rings (SSSR count). The lowest BCUT2D eigenvalue weighted by atomic mass is 10.4. The molecule has 0 spiro atoms. The van der Waals surface area contributed by atoms with Crippen molar-refractivity contribution in [2.24, 2.45) is 0 Å². The van der Waals surface area contributed by atoms with Crippen LogP contribution in [0, 0.1) is 0 Å². The third-order valence-electron chi connectivity index (χ3n) is 0.824. The lowest BCUT2D eigenvalue weighted by molar-refractivity contribution is 0.969. The maximum Gasteiger partial charge on any atom is 0.151 e. The van der Waals surface area contributed by atoms with Crippen molar-refractivity contribution in [3.05, 3.63) is 23.0 Å². The molecule has 0 aliphatic heterocycles. The standard InChI is InChI=1S/C5H4Cl2N2.2ClH/c6-3-4-1-2-5(7)9-8-4;;/h1-2H,3H2;2*1H. The Morgan fingerprint density at radius 3 is 2.18 bits per heavy atom. The summed E-state index contributed by atoms with van der Waals surface area (Å²) in [7, 11) is 0. The normalized spacial score (nSPS) is 7.82. The highest BCUT2D eigenvalue weighted by Crippen LogP contribution is 2.03. The molecule has 0 atom stereocenters. The summed E-state index contributed by atoms with van der Waals surface area (Å²) in [5, 5.41) is 7.66. The van der Waals surface area contributed by atoms with Gasteiger partial charge < -0.3 is 0 Å². The van der Waals surface area contributed by atoms with E-state index >= 15 is 0 Å². The number of nitrogens with zero attached hydrogens (tertiary/aromatic N) is 2. The molecule has 0 fully saturated rings. The summed E-state index contributed by atoms with van der Waals surface area (Å²) in [6, 6.07) is 3.40. The predicted octanol–water partition coefficient (Wildman–Crippen LogP) is 2.71. The van der Waals surface area contributed by atoms with Crippen molar-refractivity contribution in [2.45, 2.75) is 5.88 Å². The van der Waals surface area contributed by atoms with Gasteiger partial charge in [0.05, 0.1) is 11.6 Å². The first-order chi connectivity index (χ1) is 4.33. The van der Waals surface area contributed by atoms with E-state index in [4.69, 9.17) is 23.2 Å². The van der Waals surface area contributed by atoms with Gasteiger partial charge >= 0.3 is 0 Å². The van der Waals surface area contributed by atoms with Crippen molar-refractivity contribution >= 4 is 48.0 Å². The van der Waals surface area contributed by atoms with E-state index in [-0.39, 0.29) is 24.8 Å². The van der Waals surface area contributed by atoms with Crippen molar-refractivity contribution in [1.82, 2.24) is 10.2 Å². The monoisotopic (exact) mass is 234 g/mol. The molecule has 0 aromatic carbocycles. The third-order valence-corrected chi connectivity index (χ3v) is 1.30. The van der Waals surface area contributed by atoms with Crippen molar-refractivity contribution < 1.29 is 0 Å². The second kappa shape index (κ2) is 6.92. The van der Waals surface area contributed by atoms with Crippen molar-refractivity contribution in [1.29, 1.82) is 0 Å². The Bertz CT molecular complexity index is 188. The van der Waals surface area contributed by atoms with E-state index < -0.39 is 0 Å². The minimum absolute atomic E-state index is 0. The van der Waals surface area contributed by atoms with E-state index in [2.05, 4.69) is 10.2 Å². The van der Waals surface area contributed by atoms with Crippen LogP contribution in [0.25, 0.3) is 0 Å². The Morgan fingerprint density at radius 1 is 1.18 bits per heavy atom. The maximum absolute atomic E-state index is 5.45. The topological polar surface area (TPSA) is 25.8 Å². The van der Waals surface area contributed by atoms with Gasteiger partial charge in [0.1, 0.15) is 0 Å². The largest absolute Gasteiger partial charge is 0.153 e. The molecule has 0 aliphatic carbocycles. The predicted molar refractivity (Wildman–Crippen MR) is 51.1 cm³/mol. The summed E-state index contributed by atoms with van der Waals surface area (Å²) in [5.74, 6) is 0.379. The van der Waals surface area contributed by atoms with Gasteiger partial charge in [-0.25, -0.2) is 0 Å². The number of halogens is 4. The van der Waals surface area contributed by atoms with Crippen LogP contribution in [-0.2, 0) is 5.88 Å². The molecule has 64 valence electrons. The fourth-order valence-electron chi connectivity index (χ4n) is 0.415. The highest BCUT2D eigenvalue weighted by atomic mass is 35.5. The summed E-state index contributed by atoms with van der Waals surface area (Å²) in [6.45, 7) is 0. The summed E-state index contributed by atoms with van der Waals surface area (Å²) >= 11 is 10.9. The SMILES string of the molecule is Cl.Cl.ClCc1ccc(Cl)nn1. The van der Waals surface area contributed by atoms with Gasteiger partial charge in [0.15, 0.2) is 5.15 Å². The van der Waals surface area contributed by atoms with Crippen molar-refractivity contribution in [2.75, 3.05) is 0 Å². The Labute approximate surface area is 87.1 Å². The van der Waals surface area contributed by atoms with E-state index in [1.165, 1.54) is 0 Å². The number of alkyl halides is 1. The van der Waals surface area contributed by atoms with E-state index in [1.807, 2.05) is 0 Å². The zero-order valence-corrected chi connectivity index (χ0v) is 8.47. The fraction of sp³-hybridized carbons (Fsp3) is 0.200. The zero-order valence-electron chi connectivity index (χ0n) is 5.33. The van der Waals surface area contributed by atoms with Gasteiger partial charge in [0, 0.05) is 0 Å². The Hall–Kier alpha value is 0.240. The van der Waals surface area contributed by atoms with Crippen molar-refractivity contribution in [3.8, 4) is 0 Å². The van der Waals surface area contributed by atoms with Gasteiger partial charge in [-0.15, -0.1) is 41.5 Å². The Kier molecular flexibility index (Phi) is 8.68. The quantitative estimate of drug-likeness (QED) is 0.700. The van der Waals surface area contributed by atoms with Gasteiger partial charge in [-0.05, 0) is 12.1 Å². The van der Waals surface area contributed by atoms with Gasteiger partial charge in [-0.3, -0.25) is 0 Å². The van der Waals surface area contributed by atoms with E-state index in [1.54, 1.807) is 12.1 Å². The first kappa shape index (κ1) is 13.8. The summed E-state index contributed by atoms with van der Waals surface area (Å²) < 4.78 is 0. The van der Waals surface area contributed by atoms with Crippen LogP contribution in [-0.4, -0.2) is 10.2 Å². The van der Waals surface area contributed by atoms with Crippen LogP contribution in [0.3, 0.4) is 0 Å². The van der Waals surface area contributed by atoms with Gasteiger partial charge in [0.2, 0.25) is 0 Å². The van der Waals surface area contributed by atoms with Crippen LogP contribution in [0.2, 0.25) is 5.15 Å². The Morgan fingerprint density at radius 2 is 1.82 bits per heavy atom. The van der Waals surface area contributed by atoms with Crippen LogP contribution < -0.4 is 0 Å². The molecular formula is C5H6Cl4N2. The molecule has 6 heteroatoms. The minimum Gasteiger partial charge on any atom is -0.153 e. The molecule has 1 aromatic heterocycles. The van der Waals surface area contributed by atoms with Gasteiger partial charge in [-0.2, -0.15) is 5.10 Å². The van der Waals surface area contributed by atoms with Crippen LogP contribution in [0.4, 0.5) is 0 Å². The summed E-state index contributed by atoms with van der Waals surface area (Å²) in [5.41, 5.74) is 0.737. The number of rotatable bonds is 1. The van der Waals surface area contributed by atoms with Gasteiger partial charge in [-0.1, -0.05) is 11.6 Å². The fourth-order valence-corrected chi connectivity index (χ4v) is 0.658. The Balaban J connectivity index is 0. The van der Waals surface area contributed by atoms with E-state index in [0.29, 0.717) is 11.0 Å². The molecule has 1 heterocycles.